The van der Waals surface area contributed by atoms with E-state index in [1.54, 1.807) is 43.3 Å². The molecule has 4 rings (SSSR count). The fourth-order valence-electron chi connectivity index (χ4n) is 3.91. The van der Waals surface area contributed by atoms with Crippen molar-refractivity contribution in [2.24, 2.45) is 0 Å². The summed E-state index contributed by atoms with van der Waals surface area (Å²) in [5.41, 5.74) is 0.870. The highest BCUT2D eigenvalue weighted by Crippen LogP contribution is 2.34. The van der Waals surface area contributed by atoms with Gasteiger partial charge in [0.1, 0.15) is 17.8 Å². The Morgan fingerprint density at radius 1 is 1.16 bits per heavy atom. The van der Waals surface area contributed by atoms with Gasteiger partial charge in [0.2, 0.25) is 5.91 Å². The molecule has 9 heteroatoms. The fourth-order valence-corrected chi connectivity index (χ4v) is 3.91. The second-order valence-electron chi connectivity index (χ2n) is 8.01. The first kappa shape index (κ1) is 21.4. The van der Waals surface area contributed by atoms with Gasteiger partial charge in [-0.2, -0.15) is 0 Å². The Kier molecular flexibility index (Phi) is 5.33. The number of aryl methyl sites for hydroxylation is 1. The van der Waals surface area contributed by atoms with Gasteiger partial charge in [-0.15, -0.1) is 0 Å². The van der Waals surface area contributed by atoms with Crippen molar-refractivity contribution in [1.29, 1.82) is 0 Å². The predicted octanol–water partition coefficient (Wildman–Crippen LogP) is 1.30. The van der Waals surface area contributed by atoms with Gasteiger partial charge in [0.25, 0.3) is 11.8 Å². The number of nitrogens with zero attached hydrogens (tertiary/aromatic N) is 2. The maximum absolute atomic E-state index is 13.2. The van der Waals surface area contributed by atoms with E-state index in [-0.39, 0.29) is 12.5 Å². The van der Waals surface area contributed by atoms with Gasteiger partial charge in [0.15, 0.2) is 6.10 Å². The molecule has 5 amide bonds. The monoisotopic (exact) mass is 436 g/mol. The van der Waals surface area contributed by atoms with E-state index >= 15 is 0 Å². The molecule has 0 radical (unpaired) electrons. The third-order valence-electron chi connectivity index (χ3n) is 5.81. The molecule has 2 aromatic rings. The summed E-state index contributed by atoms with van der Waals surface area (Å²) in [6, 6.07) is 13.5. The Morgan fingerprint density at radius 2 is 1.84 bits per heavy atom. The minimum Gasteiger partial charge on any atom is -0.477 e. The number of hydrogen-bond donors (Lipinski definition) is 2. The van der Waals surface area contributed by atoms with E-state index < -0.39 is 36.0 Å². The summed E-state index contributed by atoms with van der Waals surface area (Å²) in [4.78, 5) is 53.5. The van der Waals surface area contributed by atoms with E-state index in [0.29, 0.717) is 17.0 Å². The fraction of sp³-hybridized carbons (Fsp3) is 0.304. The van der Waals surface area contributed by atoms with Crippen LogP contribution in [0.15, 0.2) is 48.5 Å². The van der Waals surface area contributed by atoms with Gasteiger partial charge in [-0.05, 0) is 31.5 Å². The summed E-state index contributed by atoms with van der Waals surface area (Å²) in [6.45, 7) is 3.06. The lowest BCUT2D eigenvalue weighted by Gasteiger charge is -2.34. The van der Waals surface area contributed by atoms with Gasteiger partial charge in [-0.3, -0.25) is 19.3 Å². The highest BCUT2D eigenvalue weighted by Gasteiger charge is 2.50. The average Bonchev–Trinajstić information content (AvgIpc) is 3.01. The average molecular weight is 436 g/mol. The summed E-state index contributed by atoms with van der Waals surface area (Å²) in [5, 5.41) is 5.22. The van der Waals surface area contributed by atoms with E-state index in [1.165, 1.54) is 11.9 Å². The number of urea groups is 1. The molecule has 2 aromatic carbocycles. The van der Waals surface area contributed by atoms with Gasteiger partial charge in [0.05, 0.1) is 12.2 Å². The maximum Gasteiger partial charge on any atom is 0.325 e. The third-order valence-corrected chi connectivity index (χ3v) is 5.81. The molecule has 0 aromatic heterocycles. The number of amides is 5. The number of anilines is 1. The van der Waals surface area contributed by atoms with Crippen molar-refractivity contribution in [1.82, 2.24) is 15.5 Å². The molecule has 1 saturated heterocycles. The predicted molar refractivity (Wildman–Crippen MR) is 116 cm³/mol. The number of fused-ring (bicyclic) bond motifs is 1. The number of rotatable bonds is 4. The summed E-state index contributed by atoms with van der Waals surface area (Å²) in [7, 11) is 1.48. The molecule has 0 saturated carbocycles. The van der Waals surface area contributed by atoms with Crippen molar-refractivity contribution < 1.29 is 23.9 Å². The first-order chi connectivity index (χ1) is 15.2. The third kappa shape index (κ3) is 3.55. The largest absolute Gasteiger partial charge is 0.477 e. The van der Waals surface area contributed by atoms with Gasteiger partial charge in [-0.1, -0.05) is 42.0 Å². The number of imide groups is 1. The van der Waals surface area contributed by atoms with Crippen molar-refractivity contribution >= 4 is 29.4 Å². The van der Waals surface area contributed by atoms with Crippen LogP contribution in [0.25, 0.3) is 0 Å². The number of carbonyl (C=O) groups excluding carboxylic acids is 4. The molecule has 2 atom stereocenters. The number of hydrogen-bond acceptors (Lipinski definition) is 5. The molecule has 2 heterocycles. The van der Waals surface area contributed by atoms with E-state index in [4.69, 9.17) is 4.74 Å². The second kappa shape index (κ2) is 7.99. The molecule has 0 bridgehead atoms. The van der Waals surface area contributed by atoms with Crippen molar-refractivity contribution in [3.8, 4) is 5.75 Å². The minimum atomic E-state index is -1.27. The van der Waals surface area contributed by atoms with Crippen LogP contribution in [0.2, 0.25) is 0 Å². The van der Waals surface area contributed by atoms with Crippen molar-refractivity contribution in [3.63, 3.8) is 0 Å². The number of carbonyl (C=O) groups is 4. The van der Waals surface area contributed by atoms with Gasteiger partial charge in [-0.25, -0.2) is 4.79 Å². The van der Waals surface area contributed by atoms with Crippen LogP contribution in [0.4, 0.5) is 10.5 Å². The van der Waals surface area contributed by atoms with Crippen LogP contribution in [0.1, 0.15) is 18.1 Å². The molecule has 2 aliphatic heterocycles. The topological polar surface area (TPSA) is 108 Å². The second-order valence-corrected chi connectivity index (χ2v) is 8.01. The summed E-state index contributed by atoms with van der Waals surface area (Å²) in [5.74, 6) is -1.00. The number of para-hydroxylation sites is 2. The van der Waals surface area contributed by atoms with Crippen LogP contribution in [0.3, 0.4) is 0 Å². The molecular weight excluding hydrogens is 412 g/mol. The molecule has 32 heavy (non-hydrogen) atoms. The van der Waals surface area contributed by atoms with Crippen LogP contribution < -0.4 is 20.3 Å². The molecule has 166 valence electrons. The summed E-state index contributed by atoms with van der Waals surface area (Å²) < 4.78 is 5.71. The smallest absolute Gasteiger partial charge is 0.325 e. The Hall–Kier alpha value is -3.88. The van der Waals surface area contributed by atoms with Crippen LogP contribution in [-0.4, -0.2) is 54.9 Å². The minimum absolute atomic E-state index is 0.0333. The number of nitrogens with one attached hydrogen (secondary N) is 2. The van der Waals surface area contributed by atoms with Gasteiger partial charge >= 0.3 is 6.03 Å². The van der Waals surface area contributed by atoms with E-state index in [1.807, 2.05) is 19.1 Å². The van der Waals surface area contributed by atoms with Crippen LogP contribution in [0, 0.1) is 6.92 Å². The Balaban J connectivity index is 1.58. The molecule has 2 aliphatic rings. The SMILES string of the molecule is CNC(=O)C1CN(C(=O)CN2C(=O)NC(C)(c3ccc(C)cc3)C2=O)c2ccccc2O1. The first-order valence-electron chi connectivity index (χ1n) is 10.2. The van der Waals surface area contributed by atoms with Crippen LogP contribution >= 0.6 is 0 Å². The van der Waals surface area contributed by atoms with E-state index in [2.05, 4.69) is 10.6 Å². The lowest BCUT2D eigenvalue weighted by molar-refractivity contribution is -0.134. The standard InChI is InChI=1S/C23H24N4O5/c1-14-8-10-15(11-9-14)23(2)21(30)27(22(31)25-23)13-19(28)26-12-18(20(29)24-3)32-17-7-5-4-6-16(17)26/h4-11,18H,12-13H2,1-3H3,(H,24,29)(H,25,31). The Morgan fingerprint density at radius 3 is 2.53 bits per heavy atom. The lowest BCUT2D eigenvalue weighted by Crippen LogP contribution is -2.52. The van der Waals surface area contributed by atoms with Crippen molar-refractivity contribution in [2.45, 2.75) is 25.5 Å². The molecule has 9 nitrogen and oxygen atoms in total. The Bertz CT molecular complexity index is 1100. The molecule has 2 unspecified atom stereocenters. The molecule has 2 N–H and O–H groups in total. The summed E-state index contributed by atoms with van der Waals surface area (Å²) >= 11 is 0. The first-order valence-corrected chi connectivity index (χ1v) is 10.2. The quantitative estimate of drug-likeness (QED) is 0.703. The molecule has 0 spiro atoms. The highest BCUT2D eigenvalue weighted by molar-refractivity contribution is 6.11. The van der Waals surface area contributed by atoms with E-state index in [0.717, 1.165) is 10.5 Å². The van der Waals surface area contributed by atoms with Crippen LogP contribution in [0.5, 0.6) is 5.75 Å². The molecule has 0 aliphatic carbocycles. The zero-order valence-corrected chi connectivity index (χ0v) is 18.0. The molecular formula is C23H24N4O5. The maximum atomic E-state index is 13.2. The highest BCUT2D eigenvalue weighted by atomic mass is 16.5. The van der Waals surface area contributed by atoms with Crippen molar-refractivity contribution in [3.05, 3.63) is 59.7 Å². The zero-order chi connectivity index (χ0) is 23.0. The summed E-state index contributed by atoms with van der Waals surface area (Å²) in [6.07, 6.45) is -0.903. The van der Waals surface area contributed by atoms with Gasteiger partial charge < -0.3 is 20.3 Å². The number of ether oxygens (including phenoxy) is 1. The van der Waals surface area contributed by atoms with Crippen molar-refractivity contribution in [2.75, 3.05) is 25.0 Å². The normalized spacial score (nSPS) is 22.2. The lowest BCUT2D eigenvalue weighted by atomic mass is 9.91. The van der Waals surface area contributed by atoms with Gasteiger partial charge in [0, 0.05) is 7.05 Å². The van der Waals surface area contributed by atoms with Crippen LogP contribution in [-0.2, 0) is 19.9 Å². The number of benzene rings is 2. The molecule has 1 fully saturated rings. The number of likely N-dealkylation sites (N-methyl/N-ethyl adjacent to an activating group) is 1. The Labute approximate surface area is 185 Å². The zero-order valence-electron chi connectivity index (χ0n) is 18.0. The van der Waals surface area contributed by atoms with E-state index in [9.17, 15) is 19.2 Å².